The zero-order chi connectivity index (χ0) is 8.55. The maximum atomic E-state index is 10.6. The van der Waals surface area contributed by atoms with Gasteiger partial charge in [0, 0.05) is 25.7 Å². The van der Waals surface area contributed by atoms with Crippen LogP contribution in [0.1, 0.15) is 6.42 Å². The van der Waals surface area contributed by atoms with Gasteiger partial charge in [-0.15, -0.1) is 0 Å². The lowest BCUT2D eigenvalue weighted by molar-refractivity contribution is 0.0813. The third kappa shape index (κ3) is 1.11. The van der Waals surface area contributed by atoms with Crippen molar-refractivity contribution in [3.8, 4) is 0 Å². The summed E-state index contributed by atoms with van der Waals surface area (Å²) < 4.78 is 0. The molecule has 0 aromatic heterocycles. The number of carboxylic acid groups (broad SMARTS) is 1. The lowest BCUT2D eigenvalue weighted by Crippen LogP contribution is -2.50. The van der Waals surface area contributed by atoms with Gasteiger partial charge in [-0.2, -0.15) is 5.10 Å². The van der Waals surface area contributed by atoms with Crippen molar-refractivity contribution in [3.63, 3.8) is 0 Å². The fraction of sp³-hybridized carbons (Fsp3) is 0.714. The van der Waals surface area contributed by atoms with Gasteiger partial charge in [-0.05, 0) is 0 Å². The normalized spacial score (nSPS) is 27.5. The summed E-state index contributed by atoms with van der Waals surface area (Å²) in [6.07, 6.45) is 1.92. The smallest absolute Gasteiger partial charge is 0.407 e. The molecule has 0 aromatic carbocycles. The third-order valence-electron chi connectivity index (χ3n) is 2.33. The quantitative estimate of drug-likeness (QED) is 0.557. The second kappa shape index (κ2) is 2.66. The van der Waals surface area contributed by atoms with Gasteiger partial charge in [0.25, 0.3) is 0 Å². The highest BCUT2D eigenvalue weighted by molar-refractivity contribution is 5.66. The van der Waals surface area contributed by atoms with Crippen molar-refractivity contribution in [1.29, 1.82) is 0 Å². The lowest BCUT2D eigenvalue weighted by Gasteiger charge is -2.35. The monoisotopic (exact) mass is 169 g/mol. The summed E-state index contributed by atoms with van der Waals surface area (Å²) in [6, 6.07) is 0.287. The molecule has 0 aliphatic carbocycles. The molecule has 2 aliphatic heterocycles. The highest BCUT2D eigenvalue weighted by Crippen LogP contribution is 2.16. The fourth-order valence-electron chi connectivity index (χ4n) is 1.64. The Hall–Kier alpha value is -1.26. The minimum Gasteiger partial charge on any atom is -0.465 e. The zero-order valence-electron chi connectivity index (χ0n) is 6.68. The van der Waals surface area contributed by atoms with Gasteiger partial charge in [-0.1, -0.05) is 0 Å². The average Bonchev–Trinajstić information content (AvgIpc) is 2.49. The molecule has 66 valence electrons. The number of carbonyl (C=O) groups is 1. The number of piperazine rings is 1. The summed E-state index contributed by atoms with van der Waals surface area (Å²) in [5.41, 5.74) is 0. The van der Waals surface area contributed by atoms with E-state index < -0.39 is 6.09 Å². The predicted octanol–water partition coefficient (Wildman–Crippen LogP) is 0.0401. The van der Waals surface area contributed by atoms with Crippen LogP contribution in [0.25, 0.3) is 0 Å². The van der Waals surface area contributed by atoms with Crippen molar-refractivity contribution in [2.45, 2.75) is 12.5 Å². The van der Waals surface area contributed by atoms with E-state index in [2.05, 4.69) is 5.10 Å². The van der Waals surface area contributed by atoms with Crippen molar-refractivity contribution in [3.05, 3.63) is 0 Å². The molecule has 0 radical (unpaired) electrons. The van der Waals surface area contributed by atoms with Crippen molar-refractivity contribution in [2.24, 2.45) is 5.10 Å². The van der Waals surface area contributed by atoms with E-state index in [9.17, 15) is 4.79 Å². The molecule has 2 aliphatic rings. The molecule has 0 spiro atoms. The Labute approximate surface area is 70.3 Å². The van der Waals surface area contributed by atoms with Gasteiger partial charge in [0.05, 0.1) is 12.6 Å². The minimum atomic E-state index is -0.818. The Morgan fingerprint density at radius 3 is 3.17 bits per heavy atom. The number of amides is 1. The molecular formula is C7H11N3O2. The maximum absolute atomic E-state index is 10.6. The summed E-state index contributed by atoms with van der Waals surface area (Å²) in [7, 11) is 0. The van der Waals surface area contributed by atoms with Crippen LogP contribution < -0.4 is 0 Å². The van der Waals surface area contributed by atoms with E-state index >= 15 is 0 Å². The second-order valence-corrected chi connectivity index (χ2v) is 3.08. The molecule has 1 unspecified atom stereocenters. The number of fused-ring (bicyclic) bond motifs is 1. The highest BCUT2D eigenvalue weighted by Gasteiger charge is 2.30. The van der Waals surface area contributed by atoms with Gasteiger partial charge < -0.3 is 10.0 Å². The van der Waals surface area contributed by atoms with Crippen molar-refractivity contribution in [2.75, 3.05) is 19.6 Å². The summed E-state index contributed by atoms with van der Waals surface area (Å²) in [5.74, 6) is 0. The number of rotatable bonds is 0. The first-order valence-corrected chi connectivity index (χ1v) is 4.04. The average molecular weight is 169 g/mol. The Balaban J connectivity index is 1.99. The van der Waals surface area contributed by atoms with Gasteiger partial charge in [0.2, 0.25) is 0 Å². The van der Waals surface area contributed by atoms with Gasteiger partial charge in [-0.3, -0.25) is 5.01 Å². The number of hydrogen-bond acceptors (Lipinski definition) is 3. The maximum Gasteiger partial charge on any atom is 0.407 e. The first kappa shape index (κ1) is 7.39. The molecule has 5 heteroatoms. The van der Waals surface area contributed by atoms with Crippen LogP contribution in [0.2, 0.25) is 0 Å². The molecule has 1 saturated heterocycles. The predicted molar refractivity (Wildman–Crippen MR) is 43.2 cm³/mol. The Bertz CT molecular complexity index is 229. The minimum absolute atomic E-state index is 0.287. The van der Waals surface area contributed by atoms with Gasteiger partial charge >= 0.3 is 6.09 Å². The van der Waals surface area contributed by atoms with Crippen LogP contribution in [0.3, 0.4) is 0 Å². The van der Waals surface area contributed by atoms with Crippen LogP contribution in [-0.4, -0.2) is 53.0 Å². The van der Waals surface area contributed by atoms with E-state index in [1.165, 1.54) is 4.90 Å². The molecule has 1 amide bonds. The number of nitrogens with zero attached hydrogens (tertiary/aromatic N) is 3. The van der Waals surface area contributed by atoms with E-state index in [0.29, 0.717) is 13.1 Å². The molecule has 0 aromatic rings. The molecule has 5 nitrogen and oxygen atoms in total. The van der Waals surface area contributed by atoms with E-state index in [1.54, 1.807) is 0 Å². The molecule has 12 heavy (non-hydrogen) atoms. The Morgan fingerprint density at radius 1 is 1.58 bits per heavy atom. The topological polar surface area (TPSA) is 56.1 Å². The van der Waals surface area contributed by atoms with Crippen LogP contribution in [0, 0.1) is 0 Å². The van der Waals surface area contributed by atoms with Crippen molar-refractivity contribution < 1.29 is 9.90 Å². The van der Waals surface area contributed by atoms with Crippen LogP contribution in [0.4, 0.5) is 4.79 Å². The zero-order valence-corrected chi connectivity index (χ0v) is 6.68. The van der Waals surface area contributed by atoms with Crippen LogP contribution in [-0.2, 0) is 0 Å². The van der Waals surface area contributed by atoms with Gasteiger partial charge in [0.15, 0.2) is 0 Å². The molecular weight excluding hydrogens is 158 g/mol. The standard InChI is InChI=1S/C7H11N3O2/c11-7(12)9-3-4-10-6(5-9)1-2-8-10/h2,6H,1,3-5H2,(H,11,12). The second-order valence-electron chi connectivity index (χ2n) is 3.08. The van der Waals surface area contributed by atoms with Crippen LogP contribution >= 0.6 is 0 Å². The van der Waals surface area contributed by atoms with E-state index in [0.717, 1.165) is 13.0 Å². The summed E-state index contributed by atoms with van der Waals surface area (Å²) in [5, 5.41) is 14.8. The molecule has 1 atom stereocenters. The van der Waals surface area contributed by atoms with Gasteiger partial charge in [0.1, 0.15) is 0 Å². The Morgan fingerprint density at radius 2 is 2.42 bits per heavy atom. The highest BCUT2D eigenvalue weighted by atomic mass is 16.4. The van der Waals surface area contributed by atoms with Crippen LogP contribution in [0.15, 0.2) is 5.10 Å². The molecule has 1 fully saturated rings. The largest absolute Gasteiger partial charge is 0.465 e. The number of hydrogen-bond donors (Lipinski definition) is 1. The van der Waals surface area contributed by atoms with Crippen LogP contribution in [0.5, 0.6) is 0 Å². The SMILES string of the molecule is O=C(O)N1CCN2N=CCC2C1. The Kier molecular flexibility index (Phi) is 1.64. The van der Waals surface area contributed by atoms with Crippen molar-refractivity contribution in [1.82, 2.24) is 9.91 Å². The first-order chi connectivity index (χ1) is 5.77. The molecule has 2 heterocycles. The summed E-state index contributed by atoms with van der Waals surface area (Å²) >= 11 is 0. The summed E-state index contributed by atoms with van der Waals surface area (Å²) in [6.45, 7) is 1.89. The molecule has 2 rings (SSSR count). The first-order valence-electron chi connectivity index (χ1n) is 4.04. The van der Waals surface area contributed by atoms with Gasteiger partial charge in [-0.25, -0.2) is 4.79 Å². The number of hydrazone groups is 1. The fourth-order valence-corrected chi connectivity index (χ4v) is 1.64. The van der Waals surface area contributed by atoms with E-state index in [4.69, 9.17) is 5.11 Å². The molecule has 0 bridgehead atoms. The molecule has 1 N–H and O–H groups in total. The molecule has 0 saturated carbocycles. The van der Waals surface area contributed by atoms with E-state index in [1.807, 2.05) is 11.2 Å². The van der Waals surface area contributed by atoms with Crippen molar-refractivity contribution >= 4 is 12.3 Å². The third-order valence-corrected chi connectivity index (χ3v) is 2.33. The van der Waals surface area contributed by atoms with E-state index in [-0.39, 0.29) is 6.04 Å². The lowest BCUT2D eigenvalue weighted by atomic mass is 10.2. The summed E-state index contributed by atoms with van der Waals surface area (Å²) in [4.78, 5) is 12.1.